The van der Waals surface area contributed by atoms with Crippen molar-refractivity contribution < 1.29 is 17.9 Å². The van der Waals surface area contributed by atoms with Gasteiger partial charge in [0.25, 0.3) is 0 Å². The van der Waals surface area contributed by atoms with Gasteiger partial charge in [-0.3, -0.25) is 0 Å². The number of hydrogen-bond acceptors (Lipinski definition) is 2. The molecule has 0 bridgehead atoms. The molecule has 1 saturated carbocycles. The maximum absolute atomic E-state index is 11.8. The third-order valence-electron chi connectivity index (χ3n) is 3.43. The van der Waals surface area contributed by atoms with Crippen LogP contribution in [0.2, 0.25) is 5.02 Å². The summed E-state index contributed by atoms with van der Waals surface area (Å²) < 4.78 is 40.1. The van der Waals surface area contributed by atoms with Crippen molar-refractivity contribution in [3.63, 3.8) is 0 Å². The number of hydrogen-bond donors (Lipinski definition) is 1. The normalized spacial score (nSPS) is 22.6. The Labute approximate surface area is 121 Å². The molecule has 0 aromatic heterocycles. The zero-order valence-corrected chi connectivity index (χ0v) is 11.7. The molecule has 112 valence electrons. The standard InChI is InChI=1S/C14H17ClF3NO/c15-13-4-2-1-3-12(13)10-7-11(8-10)19-5-6-20-9-14(16,17)18/h1-4,10-11,19H,5-9H2. The maximum atomic E-state index is 11.8. The molecule has 0 amide bonds. The highest BCUT2D eigenvalue weighted by Gasteiger charge is 2.31. The van der Waals surface area contributed by atoms with Crippen molar-refractivity contribution in [3.05, 3.63) is 34.9 Å². The summed E-state index contributed by atoms with van der Waals surface area (Å²) in [6.45, 7) is -0.662. The summed E-state index contributed by atoms with van der Waals surface area (Å²) in [6.07, 6.45) is -2.32. The number of ether oxygens (including phenoxy) is 1. The monoisotopic (exact) mass is 307 g/mol. The fourth-order valence-electron chi connectivity index (χ4n) is 2.37. The van der Waals surface area contributed by atoms with E-state index in [0.29, 0.717) is 18.5 Å². The summed E-state index contributed by atoms with van der Waals surface area (Å²) in [7, 11) is 0. The molecule has 1 aromatic carbocycles. The van der Waals surface area contributed by atoms with Crippen LogP contribution in [0.5, 0.6) is 0 Å². The van der Waals surface area contributed by atoms with E-state index >= 15 is 0 Å². The summed E-state index contributed by atoms with van der Waals surface area (Å²) in [5, 5.41) is 3.97. The second-order valence-corrected chi connectivity index (χ2v) is 5.42. The van der Waals surface area contributed by atoms with Gasteiger partial charge in [-0.05, 0) is 30.4 Å². The molecule has 0 atom stereocenters. The molecule has 6 heteroatoms. The van der Waals surface area contributed by atoms with Crippen LogP contribution in [0.4, 0.5) is 13.2 Å². The minimum absolute atomic E-state index is 0.0762. The van der Waals surface area contributed by atoms with Crippen LogP contribution in [0, 0.1) is 0 Å². The van der Waals surface area contributed by atoms with Gasteiger partial charge in [0.15, 0.2) is 0 Å². The number of rotatable bonds is 6. The van der Waals surface area contributed by atoms with Crippen molar-refractivity contribution in [2.75, 3.05) is 19.8 Å². The molecule has 0 aliphatic heterocycles. The Kier molecular flexibility index (Phi) is 5.29. The van der Waals surface area contributed by atoms with Gasteiger partial charge in [-0.25, -0.2) is 0 Å². The Balaban J connectivity index is 1.60. The highest BCUT2D eigenvalue weighted by atomic mass is 35.5. The molecule has 1 fully saturated rings. The van der Waals surface area contributed by atoms with E-state index < -0.39 is 12.8 Å². The lowest BCUT2D eigenvalue weighted by atomic mass is 9.76. The quantitative estimate of drug-likeness (QED) is 0.808. The molecule has 2 nitrogen and oxygen atoms in total. The van der Waals surface area contributed by atoms with Crippen molar-refractivity contribution in [2.45, 2.75) is 31.0 Å². The van der Waals surface area contributed by atoms with Crippen LogP contribution in [-0.4, -0.2) is 32.0 Å². The SMILES string of the molecule is FC(F)(F)COCCNC1CC(c2ccccc2Cl)C1. The van der Waals surface area contributed by atoms with E-state index in [2.05, 4.69) is 10.1 Å². The second-order valence-electron chi connectivity index (χ2n) is 5.01. The largest absolute Gasteiger partial charge is 0.411 e. The van der Waals surface area contributed by atoms with Gasteiger partial charge in [-0.1, -0.05) is 29.8 Å². The van der Waals surface area contributed by atoms with Crippen LogP contribution < -0.4 is 5.32 Å². The van der Waals surface area contributed by atoms with Crippen LogP contribution in [0.15, 0.2) is 24.3 Å². The molecular weight excluding hydrogens is 291 g/mol. The molecule has 1 aliphatic carbocycles. The summed E-state index contributed by atoms with van der Waals surface area (Å²) in [5.41, 5.74) is 1.15. The number of nitrogens with one attached hydrogen (secondary N) is 1. The van der Waals surface area contributed by atoms with Crippen LogP contribution in [-0.2, 0) is 4.74 Å². The molecule has 20 heavy (non-hydrogen) atoms. The Hall–Kier alpha value is -0.780. The average Bonchev–Trinajstić information content (AvgIpc) is 2.31. The zero-order chi connectivity index (χ0) is 14.6. The molecule has 0 saturated heterocycles. The average molecular weight is 308 g/mol. The van der Waals surface area contributed by atoms with Crippen LogP contribution in [0.1, 0.15) is 24.3 Å². The highest BCUT2D eigenvalue weighted by molar-refractivity contribution is 6.31. The van der Waals surface area contributed by atoms with Gasteiger partial charge in [0.1, 0.15) is 6.61 Å². The Morgan fingerprint density at radius 1 is 1.25 bits per heavy atom. The van der Waals surface area contributed by atoms with Crippen molar-refractivity contribution in [2.24, 2.45) is 0 Å². The van der Waals surface area contributed by atoms with E-state index in [1.54, 1.807) is 0 Å². The smallest absolute Gasteiger partial charge is 0.371 e. The van der Waals surface area contributed by atoms with Crippen molar-refractivity contribution in [1.82, 2.24) is 5.32 Å². The predicted octanol–water partition coefficient (Wildman–Crippen LogP) is 3.75. The second kappa shape index (κ2) is 6.78. The van der Waals surface area contributed by atoms with E-state index in [1.807, 2.05) is 24.3 Å². The first-order valence-corrected chi connectivity index (χ1v) is 6.96. The predicted molar refractivity (Wildman–Crippen MR) is 72.1 cm³/mol. The third-order valence-corrected chi connectivity index (χ3v) is 3.77. The van der Waals surface area contributed by atoms with Gasteiger partial charge in [0.2, 0.25) is 0 Å². The summed E-state index contributed by atoms with van der Waals surface area (Å²) in [4.78, 5) is 0. The molecule has 1 aliphatic rings. The van der Waals surface area contributed by atoms with E-state index in [-0.39, 0.29) is 6.61 Å². The first-order valence-electron chi connectivity index (χ1n) is 6.58. The van der Waals surface area contributed by atoms with Gasteiger partial charge >= 0.3 is 6.18 Å². The lowest BCUT2D eigenvalue weighted by molar-refractivity contribution is -0.173. The lowest BCUT2D eigenvalue weighted by Gasteiger charge is -2.36. The van der Waals surface area contributed by atoms with E-state index in [0.717, 1.165) is 23.4 Å². The molecule has 1 aromatic rings. The zero-order valence-electron chi connectivity index (χ0n) is 10.9. The van der Waals surface area contributed by atoms with E-state index in [1.165, 1.54) is 0 Å². The minimum atomic E-state index is -4.24. The Morgan fingerprint density at radius 2 is 1.95 bits per heavy atom. The maximum Gasteiger partial charge on any atom is 0.411 e. The van der Waals surface area contributed by atoms with Crippen molar-refractivity contribution in [3.8, 4) is 0 Å². The van der Waals surface area contributed by atoms with E-state index in [9.17, 15) is 13.2 Å². The Morgan fingerprint density at radius 3 is 2.60 bits per heavy atom. The van der Waals surface area contributed by atoms with Gasteiger partial charge in [-0.2, -0.15) is 13.2 Å². The molecule has 0 radical (unpaired) electrons. The fraction of sp³-hybridized carbons (Fsp3) is 0.571. The van der Waals surface area contributed by atoms with E-state index in [4.69, 9.17) is 11.6 Å². The lowest BCUT2D eigenvalue weighted by Crippen LogP contribution is -2.41. The number of alkyl halides is 3. The third kappa shape index (κ3) is 4.65. The summed E-state index contributed by atoms with van der Waals surface area (Å²) in [6, 6.07) is 8.11. The van der Waals surface area contributed by atoms with Crippen LogP contribution >= 0.6 is 11.6 Å². The first-order chi connectivity index (χ1) is 9.46. The molecule has 0 heterocycles. The summed E-state index contributed by atoms with van der Waals surface area (Å²) >= 11 is 6.12. The van der Waals surface area contributed by atoms with Crippen LogP contribution in [0.3, 0.4) is 0 Å². The minimum Gasteiger partial charge on any atom is -0.371 e. The molecule has 0 unspecified atom stereocenters. The first kappa shape index (κ1) is 15.6. The van der Waals surface area contributed by atoms with Gasteiger partial charge in [0.05, 0.1) is 6.61 Å². The number of halogens is 4. The summed E-state index contributed by atoms with van der Waals surface area (Å²) in [5.74, 6) is 0.442. The van der Waals surface area contributed by atoms with Gasteiger partial charge in [-0.15, -0.1) is 0 Å². The van der Waals surface area contributed by atoms with Gasteiger partial charge in [0, 0.05) is 17.6 Å². The topological polar surface area (TPSA) is 21.3 Å². The van der Waals surface area contributed by atoms with Gasteiger partial charge < -0.3 is 10.1 Å². The Bertz CT molecular complexity index is 433. The molecule has 2 rings (SSSR count). The molecular formula is C14H17ClF3NO. The molecule has 1 N–H and O–H groups in total. The molecule has 0 spiro atoms. The fourth-order valence-corrected chi connectivity index (χ4v) is 2.66. The number of benzene rings is 1. The van der Waals surface area contributed by atoms with Crippen molar-refractivity contribution >= 4 is 11.6 Å². The van der Waals surface area contributed by atoms with Crippen molar-refractivity contribution in [1.29, 1.82) is 0 Å². The highest BCUT2D eigenvalue weighted by Crippen LogP contribution is 2.39. The van der Waals surface area contributed by atoms with Crippen LogP contribution in [0.25, 0.3) is 0 Å².